The molecule has 5 nitrogen and oxygen atoms in total. The molecule has 0 heterocycles. The maximum atomic E-state index is 12.1. The lowest BCUT2D eigenvalue weighted by Gasteiger charge is -2.15. The van der Waals surface area contributed by atoms with Crippen molar-refractivity contribution in [1.29, 1.82) is 0 Å². The molecule has 0 bridgehead atoms. The van der Waals surface area contributed by atoms with Crippen LogP contribution in [-0.2, 0) is 20.9 Å². The first-order valence-corrected chi connectivity index (χ1v) is 8.74. The van der Waals surface area contributed by atoms with E-state index in [1.165, 1.54) is 0 Å². The summed E-state index contributed by atoms with van der Waals surface area (Å²) in [7, 11) is 1.70. The molecule has 0 spiro atoms. The third kappa shape index (κ3) is 6.78. The molecular formula is C21H25NO4. The molecule has 0 unspecified atom stereocenters. The van der Waals surface area contributed by atoms with E-state index in [1.54, 1.807) is 31.3 Å². The summed E-state index contributed by atoms with van der Waals surface area (Å²) >= 11 is 0. The lowest BCUT2D eigenvalue weighted by atomic mass is 10.1. The number of carbonyl (C=O) groups is 2. The van der Waals surface area contributed by atoms with Gasteiger partial charge < -0.3 is 14.8 Å². The topological polar surface area (TPSA) is 64.6 Å². The zero-order chi connectivity index (χ0) is 18.6. The number of benzene rings is 2. The third-order valence-electron chi connectivity index (χ3n) is 3.97. The number of hydrogen-bond acceptors (Lipinski definition) is 5. The molecule has 2 aromatic carbocycles. The number of rotatable bonds is 11. The van der Waals surface area contributed by atoms with Crippen molar-refractivity contribution in [3.05, 3.63) is 71.8 Å². The van der Waals surface area contributed by atoms with Crippen molar-refractivity contribution < 1.29 is 19.1 Å². The van der Waals surface area contributed by atoms with Crippen molar-refractivity contribution in [3.8, 4) is 0 Å². The van der Waals surface area contributed by atoms with E-state index in [2.05, 4.69) is 5.32 Å². The van der Waals surface area contributed by atoms with Crippen molar-refractivity contribution in [3.63, 3.8) is 0 Å². The van der Waals surface area contributed by atoms with Gasteiger partial charge in [-0.25, -0.2) is 0 Å². The Morgan fingerprint density at radius 1 is 1.00 bits per heavy atom. The van der Waals surface area contributed by atoms with Crippen molar-refractivity contribution in [1.82, 2.24) is 5.32 Å². The molecule has 2 rings (SSSR count). The number of esters is 1. The van der Waals surface area contributed by atoms with Gasteiger partial charge in [-0.1, -0.05) is 60.7 Å². The Kier molecular flexibility index (Phi) is 8.52. The smallest absolute Gasteiger partial charge is 0.323 e. The highest BCUT2D eigenvalue weighted by atomic mass is 16.5. The molecule has 0 aliphatic heterocycles. The van der Waals surface area contributed by atoms with E-state index >= 15 is 0 Å². The second-order valence-electron chi connectivity index (χ2n) is 5.92. The molecule has 0 fully saturated rings. The summed E-state index contributed by atoms with van der Waals surface area (Å²) in [5, 5.41) is 2.93. The predicted molar refractivity (Wildman–Crippen MR) is 99.9 cm³/mol. The quantitative estimate of drug-likeness (QED) is 0.381. The van der Waals surface area contributed by atoms with Gasteiger partial charge in [0.25, 0.3) is 0 Å². The van der Waals surface area contributed by atoms with Gasteiger partial charge in [0.2, 0.25) is 0 Å². The predicted octanol–water partition coefficient (Wildman–Crippen LogP) is 3.00. The fraction of sp³-hybridized carbons (Fsp3) is 0.333. The Balaban J connectivity index is 1.65. The number of Topliss-reactive ketones (excluding diaryl/α,β-unsaturated/α-hetero) is 1. The Morgan fingerprint density at radius 3 is 2.31 bits per heavy atom. The first kappa shape index (κ1) is 19.8. The molecule has 0 aromatic heterocycles. The fourth-order valence-electron chi connectivity index (χ4n) is 2.48. The van der Waals surface area contributed by atoms with Crippen LogP contribution in [0.2, 0.25) is 0 Å². The van der Waals surface area contributed by atoms with E-state index in [0.717, 1.165) is 12.0 Å². The average molecular weight is 355 g/mol. The molecule has 0 radical (unpaired) electrons. The standard InChI is InChI=1S/C21H25NO4/c1-22-19(13-8-14-25-15-17-9-4-2-5-10-17)21(24)26-16-20(23)18-11-6-3-7-12-18/h2-7,9-12,19,22H,8,13-16H2,1H3/t19-/m0/s1. The van der Waals surface area contributed by atoms with Crippen LogP contribution in [0.15, 0.2) is 60.7 Å². The van der Waals surface area contributed by atoms with E-state index in [9.17, 15) is 9.59 Å². The molecule has 0 saturated heterocycles. The molecule has 0 amide bonds. The normalized spacial score (nSPS) is 11.7. The van der Waals surface area contributed by atoms with Crippen molar-refractivity contribution in [2.75, 3.05) is 20.3 Å². The second kappa shape index (κ2) is 11.2. The first-order chi connectivity index (χ1) is 12.7. The molecule has 0 saturated carbocycles. The first-order valence-electron chi connectivity index (χ1n) is 8.74. The Morgan fingerprint density at radius 2 is 1.65 bits per heavy atom. The highest BCUT2D eigenvalue weighted by molar-refractivity contribution is 5.98. The summed E-state index contributed by atoms with van der Waals surface area (Å²) in [6.07, 6.45) is 1.31. The number of likely N-dealkylation sites (N-methyl/N-ethyl adjacent to an activating group) is 1. The Bertz CT molecular complexity index is 673. The zero-order valence-electron chi connectivity index (χ0n) is 15.0. The number of ketones is 1. The van der Waals surface area contributed by atoms with Crippen LogP contribution in [0.4, 0.5) is 0 Å². The monoisotopic (exact) mass is 355 g/mol. The molecule has 1 N–H and O–H groups in total. The van der Waals surface area contributed by atoms with Gasteiger partial charge in [0.05, 0.1) is 6.61 Å². The van der Waals surface area contributed by atoms with Gasteiger partial charge in [-0.15, -0.1) is 0 Å². The van der Waals surface area contributed by atoms with E-state index in [4.69, 9.17) is 9.47 Å². The minimum Gasteiger partial charge on any atom is -0.456 e. The van der Waals surface area contributed by atoms with E-state index < -0.39 is 12.0 Å². The fourth-order valence-corrected chi connectivity index (χ4v) is 2.48. The zero-order valence-corrected chi connectivity index (χ0v) is 15.0. The van der Waals surface area contributed by atoms with E-state index in [-0.39, 0.29) is 12.4 Å². The summed E-state index contributed by atoms with van der Waals surface area (Å²) in [5.41, 5.74) is 1.66. The SMILES string of the molecule is CN[C@@H](CCCOCc1ccccc1)C(=O)OCC(=O)c1ccccc1. The maximum Gasteiger partial charge on any atom is 0.323 e. The van der Waals surface area contributed by atoms with Crippen molar-refractivity contribution in [2.24, 2.45) is 0 Å². The van der Waals surface area contributed by atoms with Crippen LogP contribution in [0.1, 0.15) is 28.8 Å². The third-order valence-corrected chi connectivity index (χ3v) is 3.97. The van der Waals surface area contributed by atoms with Crippen LogP contribution in [0.25, 0.3) is 0 Å². The minimum absolute atomic E-state index is 0.208. The summed E-state index contributed by atoms with van der Waals surface area (Å²) in [6, 6.07) is 18.3. The number of ether oxygens (including phenoxy) is 2. The van der Waals surface area contributed by atoms with Crippen LogP contribution in [-0.4, -0.2) is 38.1 Å². The van der Waals surface area contributed by atoms with Crippen LogP contribution in [0, 0.1) is 0 Å². The Labute approximate surface area is 154 Å². The summed E-state index contributed by atoms with van der Waals surface area (Å²) in [4.78, 5) is 24.1. The van der Waals surface area contributed by atoms with Crippen LogP contribution >= 0.6 is 0 Å². The lowest BCUT2D eigenvalue weighted by Crippen LogP contribution is -2.36. The molecule has 0 aliphatic carbocycles. The largest absolute Gasteiger partial charge is 0.456 e. The Hall–Kier alpha value is -2.50. The molecule has 138 valence electrons. The average Bonchev–Trinajstić information content (AvgIpc) is 2.70. The molecule has 1 atom stereocenters. The van der Waals surface area contributed by atoms with Crippen LogP contribution in [0.5, 0.6) is 0 Å². The highest BCUT2D eigenvalue weighted by Crippen LogP contribution is 2.05. The lowest BCUT2D eigenvalue weighted by molar-refractivity contribution is -0.145. The molecular weight excluding hydrogens is 330 g/mol. The number of nitrogens with one attached hydrogen (secondary N) is 1. The van der Waals surface area contributed by atoms with E-state index in [0.29, 0.717) is 25.2 Å². The number of hydrogen-bond donors (Lipinski definition) is 1. The van der Waals surface area contributed by atoms with Gasteiger partial charge in [0.1, 0.15) is 6.04 Å². The molecule has 5 heteroatoms. The van der Waals surface area contributed by atoms with Gasteiger partial charge in [0, 0.05) is 12.2 Å². The van der Waals surface area contributed by atoms with Crippen LogP contribution in [0.3, 0.4) is 0 Å². The minimum atomic E-state index is -0.445. The summed E-state index contributed by atoms with van der Waals surface area (Å²) < 4.78 is 10.8. The van der Waals surface area contributed by atoms with Crippen molar-refractivity contribution in [2.45, 2.75) is 25.5 Å². The van der Waals surface area contributed by atoms with Gasteiger partial charge in [0.15, 0.2) is 12.4 Å². The molecule has 26 heavy (non-hydrogen) atoms. The molecule has 0 aliphatic rings. The van der Waals surface area contributed by atoms with Gasteiger partial charge in [-0.3, -0.25) is 9.59 Å². The van der Waals surface area contributed by atoms with Gasteiger partial charge in [-0.2, -0.15) is 0 Å². The summed E-state index contributed by atoms with van der Waals surface area (Å²) in [5.74, 6) is -0.625. The number of carbonyl (C=O) groups excluding carboxylic acids is 2. The molecule has 2 aromatic rings. The summed E-state index contributed by atoms with van der Waals surface area (Å²) in [6.45, 7) is 0.871. The van der Waals surface area contributed by atoms with Crippen molar-refractivity contribution >= 4 is 11.8 Å². The van der Waals surface area contributed by atoms with E-state index in [1.807, 2.05) is 36.4 Å². The maximum absolute atomic E-state index is 12.1. The van der Waals surface area contributed by atoms with Gasteiger partial charge in [-0.05, 0) is 25.5 Å². The second-order valence-corrected chi connectivity index (χ2v) is 5.92. The van der Waals surface area contributed by atoms with Gasteiger partial charge >= 0.3 is 5.97 Å². The van der Waals surface area contributed by atoms with Crippen LogP contribution < -0.4 is 5.32 Å². The highest BCUT2D eigenvalue weighted by Gasteiger charge is 2.19.